The average molecular weight is 279 g/mol. The molecule has 0 amide bonds. The maximum absolute atomic E-state index is 11.8. The molecule has 0 aliphatic heterocycles. The molecule has 1 aromatic heterocycles. The highest BCUT2D eigenvalue weighted by Gasteiger charge is 2.21. The molecular weight excluding hydrogens is 266 g/mol. The second kappa shape index (κ2) is 5.58. The second-order valence-electron chi connectivity index (χ2n) is 3.33. The van der Waals surface area contributed by atoms with E-state index < -0.39 is 22.0 Å². The van der Waals surface area contributed by atoms with Crippen LogP contribution < -0.4 is 4.72 Å². The summed E-state index contributed by atoms with van der Waals surface area (Å²) in [7, 11) is -3.75. The standard InChI is InChI=1S/C9H13NO5S2/c1-2-6(5-11)10-17(14,15)8-4-3-7(16-8)9(12)13/h3-4,6,10-11H,2,5H2,1H3,(H,12,13)/t6-/m0/s1. The van der Waals surface area contributed by atoms with Crippen LogP contribution in [0.2, 0.25) is 0 Å². The molecule has 0 fully saturated rings. The Morgan fingerprint density at radius 2 is 2.18 bits per heavy atom. The third-order valence-electron chi connectivity index (χ3n) is 2.09. The zero-order valence-electron chi connectivity index (χ0n) is 9.08. The Morgan fingerprint density at radius 3 is 2.59 bits per heavy atom. The van der Waals surface area contributed by atoms with Gasteiger partial charge in [0, 0.05) is 6.04 Å². The minimum Gasteiger partial charge on any atom is -0.477 e. The van der Waals surface area contributed by atoms with Crippen LogP contribution in [-0.2, 0) is 10.0 Å². The Labute approximate surface area is 103 Å². The summed E-state index contributed by atoms with van der Waals surface area (Å²) in [5.41, 5.74) is 0. The smallest absolute Gasteiger partial charge is 0.345 e. The van der Waals surface area contributed by atoms with Crippen LogP contribution in [0.3, 0.4) is 0 Å². The molecule has 0 radical (unpaired) electrons. The highest BCUT2D eigenvalue weighted by Crippen LogP contribution is 2.21. The Balaban J connectivity index is 2.93. The summed E-state index contributed by atoms with van der Waals surface area (Å²) >= 11 is 0.679. The van der Waals surface area contributed by atoms with Gasteiger partial charge in [-0.05, 0) is 18.6 Å². The minimum absolute atomic E-state index is 0.0394. The first-order chi connectivity index (χ1) is 7.90. The van der Waals surface area contributed by atoms with E-state index in [-0.39, 0.29) is 15.7 Å². The van der Waals surface area contributed by atoms with Gasteiger partial charge in [-0.15, -0.1) is 11.3 Å². The van der Waals surface area contributed by atoms with Crippen molar-refractivity contribution in [2.75, 3.05) is 6.61 Å². The first-order valence-electron chi connectivity index (χ1n) is 4.87. The number of aliphatic hydroxyl groups is 1. The summed E-state index contributed by atoms with van der Waals surface area (Å²) < 4.78 is 25.8. The van der Waals surface area contributed by atoms with E-state index in [9.17, 15) is 13.2 Å². The second-order valence-corrected chi connectivity index (χ2v) is 6.36. The fourth-order valence-corrected chi connectivity index (χ4v) is 3.58. The predicted molar refractivity (Wildman–Crippen MR) is 62.8 cm³/mol. The van der Waals surface area contributed by atoms with E-state index in [0.717, 1.165) is 0 Å². The zero-order valence-corrected chi connectivity index (χ0v) is 10.7. The normalized spacial score (nSPS) is 13.5. The number of carbonyl (C=O) groups is 1. The Hall–Kier alpha value is -0.960. The van der Waals surface area contributed by atoms with Crippen molar-refractivity contribution in [2.45, 2.75) is 23.6 Å². The molecule has 0 aromatic carbocycles. The van der Waals surface area contributed by atoms with Crippen LogP contribution in [-0.4, -0.2) is 37.2 Å². The summed E-state index contributed by atoms with van der Waals surface area (Å²) in [6, 6.07) is 1.91. The van der Waals surface area contributed by atoms with Crippen LogP contribution in [0.15, 0.2) is 16.3 Å². The molecule has 17 heavy (non-hydrogen) atoms. The molecule has 1 aromatic rings. The molecular formula is C9H13NO5S2. The molecule has 6 nitrogen and oxygen atoms in total. The number of hydrogen-bond donors (Lipinski definition) is 3. The van der Waals surface area contributed by atoms with Crippen LogP contribution in [0.4, 0.5) is 0 Å². The Kier molecular flexibility index (Phi) is 4.63. The fraction of sp³-hybridized carbons (Fsp3) is 0.444. The summed E-state index contributed by atoms with van der Waals surface area (Å²) in [6.45, 7) is 1.44. The van der Waals surface area contributed by atoms with Crippen LogP contribution in [0.25, 0.3) is 0 Å². The fourth-order valence-electron chi connectivity index (χ4n) is 1.11. The topological polar surface area (TPSA) is 104 Å². The molecule has 1 rings (SSSR count). The van der Waals surface area contributed by atoms with Gasteiger partial charge >= 0.3 is 5.97 Å². The van der Waals surface area contributed by atoms with E-state index in [1.807, 2.05) is 0 Å². The highest BCUT2D eigenvalue weighted by molar-refractivity contribution is 7.91. The van der Waals surface area contributed by atoms with Gasteiger partial charge < -0.3 is 10.2 Å². The van der Waals surface area contributed by atoms with Gasteiger partial charge in [0.05, 0.1) is 6.61 Å². The molecule has 8 heteroatoms. The molecule has 0 saturated heterocycles. The summed E-state index contributed by atoms with van der Waals surface area (Å²) in [6.07, 6.45) is 0.451. The van der Waals surface area contributed by atoms with Crippen molar-refractivity contribution < 1.29 is 23.4 Å². The molecule has 0 spiro atoms. The van der Waals surface area contributed by atoms with Gasteiger partial charge in [0.2, 0.25) is 10.0 Å². The number of aromatic carboxylic acids is 1. The maximum atomic E-state index is 11.8. The molecule has 96 valence electrons. The van der Waals surface area contributed by atoms with Crippen LogP contribution in [0.5, 0.6) is 0 Å². The van der Waals surface area contributed by atoms with E-state index in [0.29, 0.717) is 17.8 Å². The summed E-state index contributed by atoms with van der Waals surface area (Å²) in [5.74, 6) is -1.16. The summed E-state index contributed by atoms with van der Waals surface area (Å²) in [4.78, 5) is 10.6. The lowest BCUT2D eigenvalue weighted by Crippen LogP contribution is -2.36. The number of sulfonamides is 1. The van der Waals surface area contributed by atoms with Gasteiger partial charge in [-0.25, -0.2) is 17.9 Å². The van der Waals surface area contributed by atoms with Crippen LogP contribution >= 0.6 is 11.3 Å². The monoisotopic (exact) mass is 279 g/mol. The quantitative estimate of drug-likeness (QED) is 0.703. The summed E-state index contributed by atoms with van der Waals surface area (Å²) in [5, 5.41) is 17.6. The van der Waals surface area contributed by atoms with Crippen molar-refractivity contribution in [3.8, 4) is 0 Å². The molecule has 1 atom stereocenters. The van der Waals surface area contributed by atoms with Crippen molar-refractivity contribution in [2.24, 2.45) is 0 Å². The molecule has 1 heterocycles. The number of carboxylic acids is 1. The number of aliphatic hydroxyl groups excluding tert-OH is 1. The van der Waals surface area contributed by atoms with Gasteiger partial charge in [-0.3, -0.25) is 0 Å². The van der Waals surface area contributed by atoms with E-state index >= 15 is 0 Å². The molecule has 0 unspecified atom stereocenters. The van der Waals surface area contributed by atoms with Gasteiger partial charge in [-0.2, -0.15) is 0 Å². The minimum atomic E-state index is -3.75. The number of nitrogens with one attached hydrogen (secondary N) is 1. The lowest BCUT2D eigenvalue weighted by atomic mass is 10.3. The number of carboxylic acid groups (broad SMARTS) is 1. The lowest BCUT2D eigenvalue weighted by molar-refractivity contribution is 0.0702. The van der Waals surface area contributed by atoms with Gasteiger partial charge in [0.25, 0.3) is 0 Å². The predicted octanol–water partition coefficient (Wildman–Crippen LogP) is 0.495. The molecule has 0 aliphatic carbocycles. The zero-order chi connectivity index (χ0) is 13.1. The van der Waals surface area contributed by atoms with Crippen LogP contribution in [0, 0.1) is 0 Å². The Morgan fingerprint density at radius 1 is 1.53 bits per heavy atom. The SMILES string of the molecule is CC[C@@H](CO)NS(=O)(=O)c1ccc(C(=O)O)s1. The van der Waals surface area contributed by atoms with Crippen molar-refractivity contribution in [3.63, 3.8) is 0 Å². The number of hydrogen-bond acceptors (Lipinski definition) is 5. The van der Waals surface area contributed by atoms with Crippen molar-refractivity contribution >= 4 is 27.3 Å². The number of rotatable bonds is 6. The van der Waals surface area contributed by atoms with E-state index in [2.05, 4.69) is 4.72 Å². The van der Waals surface area contributed by atoms with E-state index in [4.69, 9.17) is 10.2 Å². The first kappa shape index (κ1) is 14.1. The highest BCUT2D eigenvalue weighted by atomic mass is 32.2. The first-order valence-corrected chi connectivity index (χ1v) is 7.17. The van der Waals surface area contributed by atoms with Gasteiger partial charge in [0.15, 0.2) is 0 Å². The molecule has 3 N–H and O–H groups in total. The molecule has 0 aliphatic rings. The van der Waals surface area contributed by atoms with Crippen LogP contribution in [0.1, 0.15) is 23.0 Å². The molecule has 0 bridgehead atoms. The van der Waals surface area contributed by atoms with E-state index in [1.54, 1.807) is 6.92 Å². The Bertz CT molecular complexity index is 489. The average Bonchev–Trinajstić information content (AvgIpc) is 2.75. The molecule has 0 saturated carbocycles. The van der Waals surface area contributed by atoms with Crippen molar-refractivity contribution in [3.05, 3.63) is 17.0 Å². The van der Waals surface area contributed by atoms with Gasteiger partial charge in [-0.1, -0.05) is 6.92 Å². The maximum Gasteiger partial charge on any atom is 0.345 e. The van der Waals surface area contributed by atoms with Crippen molar-refractivity contribution in [1.82, 2.24) is 4.72 Å². The van der Waals surface area contributed by atoms with Crippen molar-refractivity contribution in [1.29, 1.82) is 0 Å². The third-order valence-corrected chi connectivity index (χ3v) is 5.18. The number of thiophene rings is 1. The van der Waals surface area contributed by atoms with E-state index in [1.165, 1.54) is 12.1 Å². The largest absolute Gasteiger partial charge is 0.477 e. The van der Waals surface area contributed by atoms with Gasteiger partial charge in [0.1, 0.15) is 9.09 Å². The lowest BCUT2D eigenvalue weighted by Gasteiger charge is -2.12. The third kappa shape index (κ3) is 3.50.